The Kier molecular flexibility index (Phi) is 4.65. The number of rotatable bonds is 3. The second kappa shape index (κ2) is 7.41. The van der Waals surface area contributed by atoms with Gasteiger partial charge in [0.25, 0.3) is 11.8 Å². The van der Waals surface area contributed by atoms with Crippen molar-refractivity contribution in [2.45, 2.75) is 0 Å². The van der Waals surface area contributed by atoms with E-state index in [0.717, 1.165) is 0 Å². The number of pyridine rings is 1. The maximum absolute atomic E-state index is 12.7. The summed E-state index contributed by atoms with van der Waals surface area (Å²) in [4.78, 5) is 37.1. The van der Waals surface area contributed by atoms with E-state index in [-0.39, 0.29) is 11.8 Å². The number of amides is 2. The van der Waals surface area contributed by atoms with E-state index in [4.69, 9.17) is 0 Å². The van der Waals surface area contributed by atoms with Gasteiger partial charge in [-0.05, 0) is 24.3 Å². The van der Waals surface area contributed by atoms with Crippen LogP contribution in [0.3, 0.4) is 0 Å². The van der Waals surface area contributed by atoms with Gasteiger partial charge in [-0.3, -0.25) is 14.2 Å². The van der Waals surface area contributed by atoms with Crippen LogP contribution in [0.15, 0.2) is 67.4 Å². The van der Waals surface area contributed by atoms with Gasteiger partial charge in [-0.2, -0.15) is 0 Å². The molecule has 0 radical (unpaired) electrons. The summed E-state index contributed by atoms with van der Waals surface area (Å²) in [7, 11) is 0. The standard InChI is InChI=1S/C20H19N5O2/c26-19(16-4-2-1-3-5-16)23-10-12-24(13-11-23)20(27)17-6-7-18(22-14-17)25-9-8-21-15-25/h1-9,14-15H,10-13H2. The van der Waals surface area contributed by atoms with Crippen molar-refractivity contribution in [2.24, 2.45) is 0 Å². The van der Waals surface area contributed by atoms with Crippen molar-refractivity contribution in [3.63, 3.8) is 0 Å². The minimum Gasteiger partial charge on any atom is -0.335 e. The zero-order valence-electron chi connectivity index (χ0n) is 14.7. The molecule has 1 aliphatic heterocycles. The third-order valence-corrected chi connectivity index (χ3v) is 4.64. The number of hydrogen-bond donors (Lipinski definition) is 0. The predicted octanol–water partition coefficient (Wildman–Crippen LogP) is 1.87. The van der Waals surface area contributed by atoms with Gasteiger partial charge < -0.3 is 9.80 Å². The summed E-state index contributed by atoms with van der Waals surface area (Å²) < 4.78 is 1.78. The van der Waals surface area contributed by atoms with E-state index in [1.165, 1.54) is 0 Å². The summed E-state index contributed by atoms with van der Waals surface area (Å²) >= 11 is 0. The summed E-state index contributed by atoms with van der Waals surface area (Å²) in [6.07, 6.45) is 6.72. The van der Waals surface area contributed by atoms with Crippen molar-refractivity contribution >= 4 is 11.8 Å². The lowest BCUT2D eigenvalue weighted by molar-refractivity contribution is 0.0535. The van der Waals surface area contributed by atoms with Crippen LogP contribution in [0.1, 0.15) is 20.7 Å². The molecule has 0 atom stereocenters. The van der Waals surface area contributed by atoms with E-state index in [1.54, 1.807) is 51.4 Å². The Hall–Kier alpha value is -3.48. The first kappa shape index (κ1) is 17.0. The number of carbonyl (C=O) groups is 2. The van der Waals surface area contributed by atoms with Crippen molar-refractivity contribution in [1.29, 1.82) is 0 Å². The average Bonchev–Trinajstić information content (AvgIpc) is 3.28. The SMILES string of the molecule is O=C(c1ccccc1)N1CCN(C(=O)c2ccc(-n3ccnc3)nc2)CC1. The van der Waals surface area contributed by atoms with E-state index >= 15 is 0 Å². The molecule has 2 aromatic heterocycles. The maximum Gasteiger partial charge on any atom is 0.255 e. The fraction of sp³-hybridized carbons (Fsp3) is 0.200. The van der Waals surface area contributed by atoms with Crippen LogP contribution in [0.2, 0.25) is 0 Å². The second-order valence-corrected chi connectivity index (χ2v) is 6.33. The molecule has 0 bridgehead atoms. The molecule has 1 saturated heterocycles. The quantitative estimate of drug-likeness (QED) is 0.714. The molecular weight excluding hydrogens is 342 g/mol. The number of carbonyl (C=O) groups excluding carboxylic acids is 2. The molecule has 1 aliphatic rings. The van der Waals surface area contributed by atoms with Gasteiger partial charge in [0.05, 0.1) is 5.56 Å². The first-order valence-corrected chi connectivity index (χ1v) is 8.80. The van der Waals surface area contributed by atoms with Gasteiger partial charge in [0.2, 0.25) is 0 Å². The number of imidazole rings is 1. The third kappa shape index (κ3) is 3.57. The van der Waals surface area contributed by atoms with Gasteiger partial charge in [0.15, 0.2) is 0 Å². The van der Waals surface area contributed by atoms with Crippen LogP contribution in [0.5, 0.6) is 0 Å². The highest BCUT2D eigenvalue weighted by molar-refractivity contribution is 5.95. The smallest absolute Gasteiger partial charge is 0.255 e. The zero-order valence-corrected chi connectivity index (χ0v) is 14.7. The zero-order chi connectivity index (χ0) is 18.6. The molecule has 4 rings (SSSR count). The Morgan fingerprint density at radius 1 is 0.815 bits per heavy atom. The molecule has 1 fully saturated rings. The Bertz CT molecular complexity index is 915. The molecule has 3 heterocycles. The van der Waals surface area contributed by atoms with Crippen molar-refractivity contribution in [1.82, 2.24) is 24.3 Å². The minimum atomic E-state index is -0.0634. The van der Waals surface area contributed by atoms with Gasteiger partial charge in [-0.15, -0.1) is 0 Å². The van der Waals surface area contributed by atoms with Crippen molar-refractivity contribution in [3.05, 3.63) is 78.5 Å². The van der Waals surface area contributed by atoms with Gasteiger partial charge in [-0.25, -0.2) is 9.97 Å². The molecule has 27 heavy (non-hydrogen) atoms. The number of hydrogen-bond acceptors (Lipinski definition) is 4. The Labute approximate surface area is 156 Å². The number of benzene rings is 1. The fourth-order valence-electron chi connectivity index (χ4n) is 3.12. The van der Waals surface area contributed by atoms with E-state index in [9.17, 15) is 9.59 Å². The Morgan fingerprint density at radius 2 is 1.48 bits per heavy atom. The number of piperazine rings is 1. The van der Waals surface area contributed by atoms with Crippen LogP contribution in [0.4, 0.5) is 0 Å². The van der Waals surface area contributed by atoms with Crippen LogP contribution in [-0.2, 0) is 0 Å². The maximum atomic E-state index is 12.7. The first-order valence-electron chi connectivity index (χ1n) is 8.80. The Morgan fingerprint density at radius 3 is 2.04 bits per heavy atom. The Balaban J connectivity index is 1.38. The molecule has 7 nitrogen and oxygen atoms in total. The highest BCUT2D eigenvalue weighted by atomic mass is 16.2. The van der Waals surface area contributed by atoms with Crippen LogP contribution < -0.4 is 0 Å². The number of nitrogens with zero attached hydrogens (tertiary/aromatic N) is 5. The molecule has 7 heteroatoms. The monoisotopic (exact) mass is 361 g/mol. The first-order chi connectivity index (χ1) is 13.2. The van der Waals surface area contributed by atoms with Crippen molar-refractivity contribution in [3.8, 4) is 5.82 Å². The molecular formula is C20H19N5O2. The van der Waals surface area contributed by atoms with Crippen molar-refractivity contribution in [2.75, 3.05) is 26.2 Å². The molecule has 0 spiro atoms. The summed E-state index contributed by atoms with van der Waals surface area (Å²) in [5, 5.41) is 0. The molecule has 0 saturated carbocycles. The normalized spacial score (nSPS) is 14.2. The van der Waals surface area contributed by atoms with Crippen LogP contribution in [-0.4, -0.2) is 62.3 Å². The van der Waals surface area contributed by atoms with Crippen LogP contribution >= 0.6 is 0 Å². The van der Waals surface area contributed by atoms with Crippen LogP contribution in [0.25, 0.3) is 5.82 Å². The number of aromatic nitrogens is 3. The lowest BCUT2D eigenvalue weighted by Gasteiger charge is -2.34. The molecule has 0 unspecified atom stereocenters. The van der Waals surface area contributed by atoms with E-state index < -0.39 is 0 Å². The molecule has 3 aromatic rings. The van der Waals surface area contributed by atoms with Gasteiger partial charge in [-0.1, -0.05) is 18.2 Å². The van der Waals surface area contributed by atoms with Gasteiger partial charge >= 0.3 is 0 Å². The van der Waals surface area contributed by atoms with Crippen molar-refractivity contribution < 1.29 is 9.59 Å². The topological polar surface area (TPSA) is 71.3 Å². The van der Waals surface area contributed by atoms with E-state index in [2.05, 4.69) is 9.97 Å². The minimum absolute atomic E-state index is 0.00838. The molecule has 1 aromatic carbocycles. The summed E-state index contributed by atoms with van der Waals surface area (Å²) in [6, 6.07) is 12.8. The second-order valence-electron chi connectivity index (χ2n) is 6.33. The molecule has 2 amide bonds. The summed E-state index contributed by atoms with van der Waals surface area (Å²) in [6.45, 7) is 2.08. The summed E-state index contributed by atoms with van der Waals surface area (Å²) in [5.74, 6) is 0.655. The van der Waals surface area contributed by atoms with Gasteiger partial charge in [0.1, 0.15) is 12.1 Å². The average molecular weight is 361 g/mol. The summed E-state index contributed by atoms with van der Waals surface area (Å²) in [5.41, 5.74) is 1.22. The van der Waals surface area contributed by atoms with E-state index in [1.807, 2.05) is 30.3 Å². The van der Waals surface area contributed by atoms with E-state index in [0.29, 0.717) is 43.1 Å². The highest BCUT2D eigenvalue weighted by Crippen LogP contribution is 2.13. The largest absolute Gasteiger partial charge is 0.335 e. The predicted molar refractivity (Wildman–Crippen MR) is 99.6 cm³/mol. The highest BCUT2D eigenvalue weighted by Gasteiger charge is 2.25. The fourth-order valence-corrected chi connectivity index (χ4v) is 3.12. The molecule has 0 N–H and O–H groups in total. The van der Waals surface area contributed by atoms with Gasteiger partial charge in [0, 0.05) is 50.3 Å². The van der Waals surface area contributed by atoms with Crippen LogP contribution in [0, 0.1) is 0 Å². The molecule has 0 aliphatic carbocycles. The third-order valence-electron chi connectivity index (χ3n) is 4.64. The molecule has 136 valence electrons. The lowest BCUT2D eigenvalue weighted by Crippen LogP contribution is -2.50. The lowest BCUT2D eigenvalue weighted by atomic mass is 10.1.